The molecule has 0 atom stereocenters. The first-order valence-corrected chi connectivity index (χ1v) is 7.28. The van der Waals surface area contributed by atoms with Crippen LogP contribution in [0.1, 0.15) is 0 Å². The second-order valence-electron chi connectivity index (χ2n) is 4.02. The van der Waals surface area contributed by atoms with E-state index in [1.165, 1.54) is 0 Å². The zero-order chi connectivity index (χ0) is 14.7. The minimum Gasteiger partial charge on any atom is -0.479 e. The maximum absolute atomic E-state index is 11.9. The Balaban J connectivity index is 2.47. The Morgan fingerprint density at radius 1 is 1.25 bits per heavy atom. The normalized spacial score (nSPS) is 10.1. The molecule has 1 heterocycles. The first-order chi connectivity index (χ1) is 9.54. The predicted molar refractivity (Wildman–Crippen MR) is 83.6 cm³/mol. The van der Waals surface area contributed by atoms with E-state index in [0.717, 1.165) is 15.7 Å². The minimum absolute atomic E-state index is 0.00254. The number of rotatable bonds is 3. The first-order valence-electron chi connectivity index (χ1n) is 5.70. The van der Waals surface area contributed by atoms with Crippen molar-refractivity contribution in [2.75, 3.05) is 6.61 Å². The van der Waals surface area contributed by atoms with E-state index >= 15 is 0 Å². The molecule has 1 aromatic carbocycles. The Morgan fingerprint density at radius 2 is 2.00 bits per heavy atom. The Bertz CT molecular complexity index is 748. The number of benzene rings is 1. The molecule has 0 unspecified atom stereocenters. The molecule has 2 rings (SSSR count). The molecule has 0 saturated carbocycles. The molecular formula is C14H10Br2N2O2. The van der Waals surface area contributed by atoms with Gasteiger partial charge in [-0.25, -0.2) is 0 Å². The summed E-state index contributed by atoms with van der Waals surface area (Å²) in [6, 6.07) is 10.9. The molecule has 0 spiro atoms. The van der Waals surface area contributed by atoms with E-state index in [1.807, 2.05) is 18.2 Å². The highest BCUT2D eigenvalue weighted by Crippen LogP contribution is 2.31. The topological polar surface area (TPSA) is 55.0 Å². The summed E-state index contributed by atoms with van der Waals surface area (Å²) in [5, 5.41) is 8.49. The van der Waals surface area contributed by atoms with Gasteiger partial charge in [-0.3, -0.25) is 4.79 Å². The largest absolute Gasteiger partial charge is 0.479 e. The van der Waals surface area contributed by atoms with E-state index in [4.69, 9.17) is 10.00 Å². The van der Waals surface area contributed by atoms with Gasteiger partial charge in [0.1, 0.15) is 11.8 Å². The third-order valence-electron chi connectivity index (χ3n) is 2.78. The van der Waals surface area contributed by atoms with Crippen LogP contribution in [0.3, 0.4) is 0 Å². The van der Waals surface area contributed by atoms with Crippen molar-refractivity contribution in [2.24, 2.45) is 7.05 Å². The summed E-state index contributed by atoms with van der Waals surface area (Å²) in [7, 11) is 1.72. The number of pyridine rings is 1. The summed E-state index contributed by atoms with van der Waals surface area (Å²) < 4.78 is 8.12. The van der Waals surface area contributed by atoms with Crippen LogP contribution in [-0.4, -0.2) is 11.2 Å². The average Bonchev–Trinajstić information content (AvgIpc) is 2.44. The Hall–Kier alpha value is -1.58. The van der Waals surface area contributed by atoms with E-state index in [2.05, 4.69) is 31.9 Å². The average molecular weight is 398 g/mol. The monoisotopic (exact) mass is 396 g/mol. The second-order valence-corrected chi connectivity index (χ2v) is 5.73. The van der Waals surface area contributed by atoms with Gasteiger partial charge in [-0.15, -0.1) is 0 Å². The van der Waals surface area contributed by atoms with Crippen LogP contribution in [-0.2, 0) is 7.05 Å². The smallest absolute Gasteiger partial charge is 0.265 e. The number of nitriles is 1. The molecular weight excluding hydrogens is 388 g/mol. The number of ether oxygens (including phenoxy) is 1. The summed E-state index contributed by atoms with van der Waals surface area (Å²) in [5.41, 5.74) is 1.57. The summed E-state index contributed by atoms with van der Waals surface area (Å²) in [6.07, 6.45) is 0. The minimum atomic E-state index is -0.0980. The van der Waals surface area contributed by atoms with Crippen LogP contribution in [0.2, 0.25) is 0 Å². The summed E-state index contributed by atoms with van der Waals surface area (Å²) in [6.45, 7) is 0.00254. The third kappa shape index (κ3) is 2.94. The highest BCUT2D eigenvalue weighted by atomic mass is 79.9. The van der Waals surface area contributed by atoms with E-state index in [-0.39, 0.29) is 12.2 Å². The molecule has 0 N–H and O–H groups in total. The van der Waals surface area contributed by atoms with Gasteiger partial charge in [0, 0.05) is 17.1 Å². The van der Waals surface area contributed by atoms with Gasteiger partial charge in [0.25, 0.3) is 5.56 Å². The van der Waals surface area contributed by atoms with Gasteiger partial charge in [0.15, 0.2) is 6.61 Å². The van der Waals surface area contributed by atoms with Crippen molar-refractivity contribution < 1.29 is 4.74 Å². The highest BCUT2D eigenvalue weighted by Gasteiger charge is 2.10. The van der Waals surface area contributed by atoms with E-state index < -0.39 is 0 Å². The van der Waals surface area contributed by atoms with Gasteiger partial charge in [-0.2, -0.15) is 5.26 Å². The molecule has 0 bridgehead atoms. The van der Waals surface area contributed by atoms with Crippen LogP contribution in [0, 0.1) is 11.3 Å². The Labute approximate surface area is 132 Å². The summed E-state index contributed by atoms with van der Waals surface area (Å²) in [5.74, 6) is 0.601. The molecule has 102 valence electrons. The van der Waals surface area contributed by atoms with Gasteiger partial charge < -0.3 is 9.30 Å². The van der Waals surface area contributed by atoms with Crippen LogP contribution < -0.4 is 10.3 Å². The van der Waals surface area contributed by atoms with Crippen molar-refractivity contribution in [2.45, 2.75) is 0 Å². The zero-order valence-corrected chi connectivity index (χ0v) is 13.7. The standard InChI is InChI=1S/C14H10Br2N2O2/c1-18-13(5-4-11(15)14(18)19)10-3-2-9(8-12(10)16)20-7-6-17/h2-5,8H,7H2,1H3. The Kier molecular flexibility index (Phi) is 4.63. The number of nitrogens with zero attached hydrogens (tertiary/aromatic N) is 2. The Morgan fingerprint density at radius 3 is 2.65 bits per heavy atom. The van der Waals surface area contributed by atoms with Gasteiger partial charge in [-0.1, -0.05) is 0 Å². The molecule has 0 radical (unpaired) electrons. The maximum Gasteiger partial charge on any atom is 0.265 e. The first kappa shape index (κ1) is 14.8. The van der Waals surface area contributed by atoms with Gasteiger partial charge >= 0.3 is 0 Å². The summed E-state index contributed by atoms with van der Waals surface area (Å²) >= 11 is 6.68. The number of halogens is 2. The maximum atomic E-state index is 11.9. The quantitative estimate of drug-likeness (QED) is 0.796. The molecule has 0 aliphatic heterocycles. The van der Waals surface area contributed by atoms with Crippen LogP contribution in [0.5, 0.6) is 5.75 Å². The van der Waals surface area contributed by atoms with Crippen molar-refractivity contribution in [1.82, 2.24) is 4.57 Å². The van der Waals surface area contributed by atoms with E-state index in [9.17, 15) is 4.79 Å². The SMILES string of the molecule is Cn1c(-c2ccc(OCC#N)cc2Br)ccc(Br)c1=O. The van der Waals surface area contributed by atoms with Crippen LogP contribution in [0.25, 0.3) is 11.3 Å². The van der Waals surface area contributed by atoms with E-state index in [1.54, 1.807) is 29.8 Å². The predicted octanol–water partition coefficient (Wildman–Crippen LogP) is 3.48. The van der Waals surface area contributed by atoms with Crippen molar-refractivity contribution in [3.05, 3.63) is 49.6 Å². The zero-order valence-electron chi connectivity index (χ0n) is 10.6. The van der Waals surface area contributed by atoms with Crippen molar-refractivity contribution in [1.29, 1.82) is 5.26 Å². The number of aromatic nitrogens is 1. The molecule has 0 aliphatic rings. The van der Waals surface area contributed by atoms with Gasteiger partial charge in [0.2, 0.25) is 0 Å². The highest BCUT2D eigenvalue weighted by molar-refractivity contribution is 9.10. The molecule has 2 aromatic rings. The van der Waals surface area contributed by atoms with E-state index in [0.29, 0.717) is 10.2 Å². The van der Waals surface area contributed by atoms with Gasteiger partial charge in [0.05, 0.1) is 10.2 Å². The fourth-order valence-electron chi connectivity index (χ4n) is 1.78. The van der Waals surface area contributed by atoms with Crippen LogP contribution >= 0.6 is 31.9 Å². The molecule has 0 saturated heterocycles. The second kappa shape index (κ2) is 6.25. The lowest BCUT2D eigenvalue weighted by Gasteiger charge is -2.11. The van der Waals surface area contributed by atoms with Crippen LogP contribution in [0.15, 0.2) is 44.1 Å². The fourth-order valence-corrected chi connectivity index (χ4v) is 2.74. The molecule has 20 heavy (non-hydrogen) atoms. The molecule has 0 aliphatic carbocycles. The van der Waals surface area contributed by atoms with Crippen molar-refractivity contribution in [3.8, 4) is 23.1 Å². The number of hydrogen-bond donors (Lipinski definition) is 0. The summed E-state index contributed by atoms with van der Waals surface area (Å²) in [4.78, 5) is 11.9. The molecule has 0 amide bonds. The molecule has 0 fully saturated rings. The molecule has 6 heteroatoms. The van der Waals surface area contributed by atoms with Crippen molar-refractivity contribution >= 4 is 31.9 Å². The lowest BCUT2D eigenvalue weighted by Crippen LogP contribution is -2.18. The number of hydrogen-bond acceptors (Lipinski definition) is 3. The fraction of sp³-hybridized carbons (Fsp3) is 0.143. The lowest BCUT2D eigenvalue weighted by atomic mass is 10.1. The van der Waals surface area contributed by atoms with Crippen molar-refractivity contribution in [3.63, 3.8) is 0 Å². The van der Waals surface area contributed by atoms with Crippen LogP contribution in [0.4, 0.5) is 0 Å². The lowest BCUT2D eigenvalue weighted by molar-refractivity contribution is 0.368. The van der Waals surface area contributed by atoms with Gasteiger partial charge in [-0.05, 0) is 62.2 Å². The third-order valence-corrected chi connectivity index (χ3v) is 4.04. The molecule has 1 aromatic heterocycles. The molecule has 4 nitrogen and oxygen atoms in total.